The number of hydrogen-bond acceptors (Lipinski definition) is 3. The van der Waals surface area contributed by atoms with Crippen LogP contribution < -0.4 is 5.32 Å². The van der Waals surface area contributed by atoms with Gasteiger partial charge in [0.25, 0.3) is 0 Å². The van der Waals surface area contributed by atoms with Gasteiger partial charge >= 0.3 is 0 Å². The molecule has 1 N–H and O–H groups in total. The third-order valence-corrected chi connectivity index (χ3v) is 4.21. The number of nitrogens with zero attached hydrogens (tertiary/aromatic N) is 1. The molecule has 16 heavy (non-hydrogen) atoms. The van der Waals surface area contributed by atoms with Crippen LogP contribution >= 0.6 is 11.3 Å². The van der Waals surface area contributed by atoms with Crippen molar-refractivity contribution in [3.63, 3.8) is 0 Å². The summed E-state index contributed by atoms with van der Waals surface area (Å²) in [6.45, 7) is 3.41. The zero-order valence-corrected chi connectivity index (χ0v) is 10.9. The summed E-state index contributed by atoms with van der Waals surface area (Å²) in [6, 6.07) is 0.763. The molecule has 0 aliphatic heterocycles. The molecule has 1 heterocycles. The Hall–Kier alpha value is -0.410. The highest BCUT2D eigenvalue weighted by molar-refractivity contribution is 7.09. The van der Waals surface area contributed by atoms with E-state index in [-0.39, 0.29) is 0 Å². The van der Waals surface area contributed by atoms with Gasteiger partial charge in [-0.15, -0.1) is 11.3 Å². The predicted molar refractivity (Wildman–Crippen MR) is 69.9 cm³/mol. The molecule has 2 unspecified atom stereocenters. The van der Waals surface area contributed by atoms with Crippen molar-refractivity contribution >= 4 is 11.3 Å². The molecular weight excluding hydrogens is 216 g/mol. The van der Waals surface area contributed by atoms with Crippen LogP contribution in [0.2, 0.25) is 0 Å². The summed E-state index contributed by atoms with van der Waals surface area (Å²) in [5.41, 5.74) is 0. The molecule has 3 heteroatoms. The fourth-order valence-electron chi connectivity index (χ4n) is 2.61. The Bertz CT molecular complexity index is 284. The first kappa shape index (κ1) is 12.1. The fourth-order valence-corrected chi connectivity index (χ4v) is 3.34. The van der Waals surface area contributed by atoms with Crippen molar-refractivity contribution in [2.45, 2.75) is 51.5 Å². The number of nitrogens with one attached hydrogen (secondary N) is 1. The van der Waals surface area contributed by atoms with E-state index in [0.717, 1.165) is 12.0 Å². The monoisotopic (exact) mass is 238 g/mol. The molecule has 1 aliphatic rings. The lowest BCUT2D eigenvalue weighted by atomic mass is 9.84. The van der Waals surface area contributed by atoms with Gasteiger partial charge in [-0.25, -0.2) is 4.98 Å². The average Bonchev–Trinajstić information content (AvgIpc) is 2.80. The Labute approximate surface area is 102 Å². The highest BCUT2D eigenvalue weighted by atomic mass is 32.1. The average molecular weight is 238 g/mol. The predicted octanol–water partition coefficient (Wildman–Crippen LogP) is 3.24. The maximum absolute atomic E-state index is 4.40. The molecule has 1 aromatic heterocycles. The molecule has 1 fully saturated rings. The van der Waals surface area contributed by atoms with Crippen LogP contribution in [0.5, 0.6) is 0 Å². The smallest absolute Gasteiger partial charge is 0.0927 e. The SMILES string of the molecule is CCCNC1CCCC(Cc2nccs2)C1. The molecule has 2 nitrogen and oxygen atoms in total. The number of thiazole rings is 1. The van der Waals surface area contributed by atoms with Crippen LogP contribution in [0.3, 0.4) is 0 Å². The van der Waals surface area contributed by atoms with Gasteiger partial charge in [0.05, 0.1) is 5.01 Å². The normalized spacial score (nSPS) is 25.8. The van der Waals surface area contributed by atoms with Gasteiger partial charge in [0.15, 0.2) is 0 Å². The third-order valence-electron chi connectivity index (χ3n) is 3.41. The van der Waals surface area contributed by atoms with Crippen LogP contribution in [0.4, 0.5) is 0 Å². The van der Waals surface area contributed by atoms with Crippen molar-refractivity contribution in [2.75, 3.05) is 6.54 Å². The Morgan fingerprint density at radius 2 is 2.44 bits per heavy atom. The molecule has 1 aliphatic carbocycles. The number of rotatable bonds is 5. The Balaban J connectivity index is 1.77. The van der Waals surface area contributed by atoms with Crippen LogP contribution in [0.15, 0.2) is 11.6 Å². The zero-order valence-electron chi connectivity index (χ0n) is 10.1. The molecule has 0 spiro atoms. The minimum Gasteiger partial charge on any atom is -0.314 e. The second-order valence-corrected chi connectivity index (χ2v) is 5.79. The molecule has 1 aromatic rings. The summed E-state index contributed by atoms with van der Waals surface area (Å²) in [4.78, 5) is 4.40. The molecular formula is C13H22N2S. The lowest BCUT2D eigenvalue weighted by molar-refractivity contribution is 0.284. The van der Waals surface area contributed by atoms with Crippen LogP contribution in [-0.2, 0) is 6.42 Å². The van der Waals surface area contributed by atoms with Gasteiger partial charge in [-0.3, -0.25) is 0 Å². The quantitative estimate of drug-likeness (QED) is 0.852. The van der Waals surface area contributed by atoms with Gasteiger partial charge in [0.1, 0.15) is 0 Å². The van der Waals surface area contributed by atoms with Crippen LogP contribution in [0.1, 0.15) is 44.0 Å². The molecule has 2 rings (SSSR count). The first-order chi connectivity index (χ1) is 7.88. The Morgan fingerprint density at radius 3 is 3.19 bits per heavy atom. The lowest BCUT2D eigenvalue weighted by Gasteiger charge is -2.29. The Morgan fingerprint density at radius 1 is 1.50 bits per heavy atom. The number of hydrogen-bond donors (Lipinski definition) is 1. The summed E-state index contributed by atoms with van der Waals surface area (Å²) >= 11 is 1.80. The van der Waals surface area contributed by atoms with Crippen LogP contribution in [-0.4, -0.2) is 17.6 Å². The van der Waals surface area contributed by atoms with E-state index in [9.17, 15) is 0 Å². The van der Waals surface area contributed by atoms with Crippen molar-refractivity contribution in [2.24, 2.45) is 5.92 Å². The summed E-state index contributed by atoms with van der Waals surface area (Å²) in [6.07, 6.45) is 9.86. The molecule has 90 valence electrons. The lowest BCUT2D eigenvalue weighted by Crippen LogP contribution is -2.35. The summed E-state index contributed by atoms with van der Waals surface area (Å²) in [5.74, 6) is 0.856. The largest absolute Gasteiger partial charge is 0.314 e. The van der Waals surface area contributed by atoms with E-state index in [2.05, 4.69) is 22.6 Å². The van der Waals surface area contributed by atoms with E-state index in [1.165, 1.54) is 50.1 Å². The maximum atomic E-state index is 4.40. The minimum absolute atomic E-state index is 0.763. The van der Waals surface area contributed by atoms with E-state index in [0.29, 0.717) is 0 Å². The molecule has 2 atom stereocenters. The summed E-state index contributed by atoms with van der Waals surface area (Å²) in [5, 5.41) is 7.07. The van der Waals surface area contributed by atoms with Crippen molar-refractivity contribution < 1.29 is 0 Å². The van der Waals surface area contributed by atoms with Gasteiger partial charge in [0, 0.05) is 24.0 Å². The molecule has 0 amide bonds. The summed E-state index contributed by atoms with van der Waals surface area (Å²) in [7, 11) is 0. The fraction of sp³-hybridized carbons (Fsp3) is 0.769. The molecule has 0 saturated heterocycles. The van der Waals surface area contributed by atoms with Crippen molar-refractivity contribution in [1.29, 1.82) is 0 Å². The van der Waals surface area contributed by atoms with E-state index >= 15 is 0 Å². The van der Waals surface area contributed by atoms with E-state index < -0.39 is 0 Å². The van der Waals surface area contributed by atoms with Crippen LogP contribution in [0.25, 0.3) is 0 Å². The van der Waals surface area contributed by atoms with E-state index in [4.69, 9.17) is 0 Å². The zero-order chi connectivity index (χ0) is 11.2. The summed E-state index contributed by atoms with van der Waals surface area (Å²) < 4.78 is 0. The van der Waals surface area contributed by atoms with E-state index in [1.807, 2.05) is 6.20 Å². The van der Waals surface area contributed by atoms with E-state index in [1.54, 1.807) is 11.3 Å². The van der Waals surface area contributed by atoms with Crippen molar-refractivity contribution in [1.82, 2.24) is 10.3 Å². The number of aromatic nitrogens is 1. The van der Waals surface area contributed by atoms with Gasteiger partial charge in [-0.2, -0.15) is 0 Å². The Kier molecular flexibility index (Phi) is 4.79. The highest BCUT2D eigenvalue weighted by Gasteiger charge is 2.22. The van der Waals surface area contributed by atoms with Gasteiger partial charge in [-0.05, 0) is 38.1 Å². The first-order valence-electron chi connectivity index (χ1n) is 6.50. The van der Waals surface area contributed by atoms with Crippen molar-refractivity contribution in [3.05, 3.63) is 16.6 Å². The van der Waals surface area contributed by atoms with Gasteiger partial charge < -0.3 is 5.32 Å². The maximum Gasteiger partial charge on any atom is 0.0927 e. The van der Waals surface area contributed by atoms with Gasteiger partial charge in [-0.1, -0.05) is 13.3 Å². The molecule has 0 aromatic carbocycles. The molecule has 0 radical (unpaired) electrons. The second kappa shape index (κ2) is 6.36. The first-order valence-corrected chi connectivity index (χ1v) is 7.38. The highest BCUT2D eigenvalue weighted by Crippen LogP contribution is 2.27. The molecule has 1 saturated carbocycles. The third kappa shape index (κ3) is 3.56. The van der Waals surface area contributed by atoms with Crippen LogP contribution in [0, 0.1) is 5.92 Å². The second-order valence-electron chi connectivity index (χ2n) is 4.81. The standard InChI is InChI=1S/C13H22N2S/c1-2-6-14-12-5-3-4-11(9-12)10-13-15-7-8-16-13/h7-8,11-12,14H,2-6,9-10H2,1H3. The van der Waals surface area contributed by atoms with Gasteiger partial charge in [0.2, 0.25) is 0 Å². The van der Waals surface area contributed by atoms with Crippen molar-refractivity contribution in [3.8, 4) is 0 Å². The minimum atomic E-state index is 0.763. The topological polar surface area (TPSA) is 24.9 Å². The molecule has 0 bridgehead atoms.